The first-order valence-corrected chi connectivity index (χ1v) is 6.42. The van der Waals surface area contributed by atoms with Crippen molar-refractivity contribution >= 4 is 39.0 Å². The van der Waals surface area contributed by atoms with Crippen molar-refractivity contribution in [1.29, 1.82) is 0 Å². The Labute approximate surface area is 119 Å². The number of nitrogens with one attached hydrogen (secondary N) is 1. The number of hydrogen-bond acceptors (Lipinski definition) is 3. The van der Waals surface area contributed by atoms with E-state index in [1.807, 2.05) is 25.1 Å². The molecule has 0 aromatic heterocycles. The summed E-state index contributed by atoms with van der Waals surface area (Å²) >= 11 is 3.40. The summed E-state index contributed by atoms with van der Waals surface area (Å²) in [5.41, 5.74) is 8.64. The van der Waals surface area contributed by atoms with Crippen molar-refractivity contribution in [1.82, 2.24) is 0 Å². The normalized spacial score (nSPS) is 10.2. The molecular weight excluding hydrogens is 308 g/mol. The largest absolute Gasteiger partial charge is 0.478 e. The lowest BCUT2D eigenvalue weighted by molar-refractivity contribution is 0.0698. The maximum atomic E-state index is 11.0. The van der Waals surface area contributed by atoms with Crippen molar-refractivity contribution in [2.24, 2.45) is 0 Å². The molecule has 19 heavy (non-hydrogen) atoms. The molecule has 0 radical (unpaired) electrons. The van der Waals surface area contributed by atoms with Gasteiger partial charge in [-0.05, 0) is 42.8 Å². The van der Waals surface area contributed by atoms with Gasteiger partial charge in [0.1, 0.15) is 0 Å². The summed E-state index contributed by atoms with van der Waals surface area (Å²) in [4.78, 5) is 11.0. The van der Waals surface area contributed by atoms with Crippen LogP contribution in [0.4, 0.5) is 17.1 Å². The second-order valence-corrected chi connectivity index (χ2v) is 5.11. The Kier molecular flexibility index (Phi) is 3.76. The van der Waals surface area contributed by atoms with E-state index in [2.05, 4.69) is 21.2 Å². The molecule has 0 bridgehead atoms. The van der Waals surface area contributed by atoms with Crippen LogP contribution in [0.1, 0.15) is 15.9 Å². The first-order chi connectivity index (χ1) is 8.97. The number of hydrogen-bond donors (Lipinski definition) is 3. The van der Waals surface area contributed by atoms with E-state index in [1.165, 1.54) is 6.07 Å². The maximum absolute atomic E-state index is 11.0. The third kappa shape index (κ3) is 3.06. The highest BCUT2D eigenvalue weighted by atomic mass is 79.9. The zero-order chi connectivity index (χ0) is 14.0. The van der Waals surface area contributed by atoms with Gasteiger partial charge in [-0.2, -0.15) is 0 Å². The van der Waals surface area contributed by atoms with Gasteiger partial charge in [-0.15, -0.1) is 0 Å². The lowest BCUT2D eigenvalue weighted by Gasteiger charge is -2.11. The number of halogens is 1. The Morgan fingerprint density at radius 2 is 2.00 bits per heavy atom. The first kappa shape index (κ1) is 13.4. The number of benzene rings is 2. The van der Waals surface area contributed by atoms with Crippen LogP contribution in [-0.2, 0) is 0 Å². The molecule has 2 aromatic carbocycles. The Hall–Kier alpha value is -2.01. The highest BCUT2D eigenvalue weighted by molar-refractivity contribution is 9.10. The minimum atomic E-state index is -1.04. The van der Waals surface area contributed by atoms with Gasteiger partial charge in [0.25, 0.3) is 0 Å². The summed E-state index contributed by atoms with van der Waals surface area (Å²) in [7, 11) is 0. The van der Waals surface area contributed by atoms with E-state index < -0.39 is 5.97 Å². The Morgan fingerprint density at radius 3 is 2.68 bits per heavy atom. The van der Waals surface area contributed by atoms with Crippen LogP contribution < -0.4 is 11.1 Å². The molecule has 0 saturated heterocycles. The van der Waals surface area contributed by atoms with Crippen molar-refractivity contribution in [3.8, 4) is 0 Å². The highest BCUT2D eigenvalue weighted by Gasteiger charge is 2.09. The topological polar surface area (TPSA) is 75.3 Å². The van der Waals surface area contributed by atoms with Crippen LogP contribution in [0.15, 0.2) is 40.9 Å². The highest BCUT2D eigenvalue weighted by Crippen LogP contribution is 2.26. The molecule has 0 heterocycles. The fourth-order valence-corrected chi connectivity index (χ4v) is 2.06. The van der Waals surface area contributed by atoms with Gasteiger partial charge >= 0.3 is 5.97 Å². The molecule has 0 fully saturated rings. The van der Waals surface area contributed by atoms with Crippen molar-refractivity contribution in [3.05, 3.63) is 52.0 Å². The zero-order valence-corrected chi connectivity index (χ0v) is 11.9. The number of carbonyl (C=O) groups is 1. The number of nitrogens with two attached hydrogens (primary N) is 1. The molecule has 0 saturated carbocycles. The number of aromatic carboxylic acids is 1. The van der Waals surface area contributed by atoms with E-state index in [-0.39, 0.29) is 11.3 Å². The van der Waals surface area contributed by atoms with Crippen LogP contribution in [0, 0.1) is 6.92 Å². The molecule has 2 aromatic rings. The van der Waals surface area contributed by atoms with Gasteiger partial charge in [0.05, 0.1) is 5.56 Å². The van der Waals surface area contributed by atoms with Gasteiger partial charge in [-0.1, -0.05) is 22.0 Å². The summed E-state index contributed by atoms with van der Waals surface area (Å²) < 4.78 is 0.953. The number of aryl methyl sites for hydroxylation is 1. The molecule has 98 valence electrons. The van der Waals surface area contributed by atoms with Gasteiger partial charge < -0.3 is 16.2 Å². The first-order valence-electron chi connectivity index (χ1n) is 5.63. The number of anilines is 3. The predicted octanol–water partition coefficient (Wildman–Crippen LogP) is 3.78. The van der Waals surface area contributed by atoms with E-state index in [0.717, 1.165) is 15.7 Å². The standard InChI is InChI=1S/C14H13BrN2O2/c1-8-2-3-9(15)6-13(8)17-10-4-5-12(16)11(7-10)14(18)19/h2-7,17H,16H2,1H3,(H,18,19). The number of carboxylic acid groups (broad SMARTS) is 1. The summed E-state index contributed by atoms with van der Waals surface area (Å²) in [5, 5.41) is 12.2. The second kappa shape index (κ2) is 5.32. The van der Waals surface area contributed by atoms with Crippen LogP contribution in [0.5, 0.6) is 0 Å². The van der Waals surface area contributed by atoms with E-state index in [4.69, 9.17) is 10.8 Å². The average Bonchev–Trinajstić information content (AvgIpc) is 2.36. The average molecular weight is 321 g/mol. The zero-order valence-electron chi connectivity index (χ0n) is 10.3. The van der Waals surface area contributed by atoms with Crippen molar-refractivity contribution in [2.75, 3.05) is 11.1 Å². The molecule has 0 atom stereocenters. The molecule has 0 spiro atoms. The smallest absolute Gasteiger partial charge is 0.337 e. The van der Waals surface area contributed by atoms with Gasteiger partial charge in [0, 0.05) is 21.5 Å². The number of carboxylic acids is 1. The maximum Gasteiger partial charge on any atom is 0.337 e. The SMILES string of the molecule is Cc1ccc(Br)cc1Nc1ccc(N)c(C(=O)O)c1. The van der Waals surface area contributed by atoms with Gasteiger partial charge in [-0.3, -0.25) is 0 Å². The third-order valence-electron chi connectivity index (χ3n) is 2.76. The minimum Gasteiger partial charge on any atom is -0.478 e. The van der Waals surface area contributed by atoms with E-state index in [1.54, 1.807) is 12.1 Å². The molecule has 0 unspecified atom stereocenters. The fraction of sp³-hybridized carbons (Fsp3) is 0.0714. The van der Waals surface area contributed by atoms with Gasteiger partial charge in [-0.25, -0.2) is 4.79 Å². The Bertz CT molecular complexity index is 641. The Balaban J connectivity index is 2.36. The van der Waals surface area contributed by atoms with E-state index in [0.29, 0.717) is 5.69 Å². The quantitative estimate of drug-likeness (QED) is 0.752. The van der Waals surface area contributed by atoms with Gasteiger partial charge in [0.15, 0.2) is 0 Å². The summed E-state index contributed by atoms with van der Waals surface area (Å²) in [5.74, 6) is -1.04. The minimum absolute atomic E-state index is 0.0950. The predicted molar refractivity (Wildman–Crippen MR) is 80.0 cm³/mol. The van der Waals surface area contributed by atoms with Crippen LogP contribution in [-0.4, -0.2) is 11.1 Å². The van der Waals surface area contributed by atoms with Gasteiger partial charge in [0.2, 0.25) is 0 Å². The van der Waals surface area contributed by atoms with Crippen LogP contribution in [0.2, 0.25) is 0 Å². The molecule has 0 aliphatic heterocycles. The summed E-state index contributed by atoms with van der Waals surface area (Å²) in [6, 6.07) is 10.7. The molecular formula is C14H13BrN2O2. The molecule has 0 amide bonds. The van der Waals surface area contributed by atoms with Crippen molar-refractivity contribution in [3.63, 3.8) is 0 Å². The molecule has 5 heteroatoms. The summed E-state index contributed by atoms with van der Waals surface area (Å²) in [6.45, 7) is 1.98. The molecule has 0 aliphatic carbocycles. The van der Waals surface area contributed by atoms with Crippen molar-refractivity contribution in [2.45, 2.75) is 6.92 Å². The number of rotatable bonds is 3. The lowest BCUT2D eigenvalue weighted by atomic mass is 10.1. The summed E-state index contributed by atoms with van der Waals surface area (Å²) in [6.07, 6.45) is 0. The Morgan fingerprint density at radius 1 is 1.26 bits per heavy atom. The molecule has 0 aliphatic rings. The van der Waals surface area contributed by atoms with Crippen molar-refractivity contribution < 1.29 is 9.90 Å². The number of nitrogen functional groups attached to an aromatic ring is 1. The molecule has 2 rings (SSSR count). The van der Waals surface area contributed by atoms with E-state index in [9.17, 15) is 4.79 Å². The van der Waals surface area contributed by atoms with Crippen LogP contribution in [0.25, 0.3) is 0 Å². The lowest BCUT2D eigenvalue weighted by Crippen LogP contribution is -2.03. The van der Waals surface area contributed by atoms with Crippen LogP contribution in [0.3, 0.4) is 0 Å². The van der Waals surface area contributed by atoms with Crippen LogP contribution >= 0.6 is 15.9 Å². The second-order valence-electron chi connectivity index (χ2n) is 4.19. The monoisotopic (exact) mass is 320 g/mol. The molecule has 4 nitrogen and oxygen atoms in total. The fourth-order valence-electron chi connectivity index (χ4n) is 1.70. The molecule has 4 N–H and O–H groups in total. The third-order valence-corrected chi connectivity index (χ3v) is 3.26. The van der Waals surface area contributed by atoms with E-state index >= 15 is 0 Å².